The summed E-state index contributed by atoms with van der Waals surface area (Å²) in [5.74, 6) is 0.804. The lowest BCUT2D eigenvalue weighted by Gasteiger charge is -2.07. The van der Waals surface area contributed by atoms with E-state index in [-0.39, 0.29) is 10.7 Å². The van der Waals surface area contributed by atoms with E-state index in [1.807, 2.05) is 0 Å². The Morgan fingerprint density at radius 3 is 2.82 bits per heavy atom. The number of halogens is 1. The number of aromatic nitrogens is 1. The summed E-state index contributed by atoms with van der Waals surface area (Å²) in [6, 6.07) is 8.44. The van der Waals surface area contributed by atoms with E-state index in [0.29, 0.717) is 17.1 Å². The molecule has 114 valence electrons. The number of rotatable bonds is 5. The summed E-state index contributed by atoms with van der Waals surface area (Å²) < 4.78 is 10.3. The van der Waals surface area contributed by atoms with Crippen LogP contribution in [0.1, 0.15) is 15.9 Å². The molecular formula is C15H14ClN3O3. The van der Waals surface area contributed by atoms with Crippen LogP contribution in [0.5, 0.6) is 11.5 Å². The van der Waals surface area contributed by atoms with Crippen molar-refractivity contribution in [3.8, 4) is 11.5 Å². The highest BCUT2D eigenvalue weighted by molar-refractivity contribution is 6.32. The van der Waals surface area contributed by atoms with Gasteiger partial charge in [-0.05, 0) is 24.3 Å². The number of nitrogens with one attached hydrogen (secondary N) is 1. The molecule has 1 aromatic carbocycles. The molecule has 6 nitrogen and oxygen atoms in total. The number of hydrogen-bond donors (Lipinski definition) is 1. The van der Waals surface area contributed by atoms with E-state index in [1.54, 1.807) is 44.6 Å². The summed E-state index contributed by atoms with van der Waals surface area (Å²) in [4.78, 5) is 15.7. The highest BCUT2D eigenvalue weighted by Gasteiger charge is 2.09. The summed E-state index contributed by atoms with van der Waals surface area (Å²) in [7, 11) is 3.11. The molecule has 1 amide bonds. The Hall–Kier alpha value is -2.60. The molecule has 0 bridgehead atoms. The fourth-order valence-electron chi connectivity index (χ4n) is 1.70. The summed E-state index contributed by atoms with van der Waals surface area (Å²) >= 11 is 5.84. The molecule has 0 radical (unpaired) electrons. The smallest absolute Gasteiger partial charge is 0.274 e. The second-order valence-electron chi connectivity index (χ2n) is 4.15. The van der Waals surface area contributed by atoms with Crippen molar-refractivity contribution in [2.45, 2.75) is 0 Å². The van der Waals surface area contributed by atoms with Gasteiger partial charge in [0.1, 0.15) is 16.7 Å². The summed E-state index contributed by atoms with van der Waals surface area (Å²) in [5, 5.41) is 4.01. The van der Waals surface area contributed by atoms with Crippen molar-refractivity contribution in [3.63, 3.8) is 0 Å². The van der Waals surface area contributed by atoms with Crippen molar-refractivity contribution in [1.29, 1.82) is 0 Å². The van der Waals surface area contributed by atoms with Crippen LogP contribution in [0.25, 0.3) is 0 Å². The molecular weight excluding hydrogens is 306 g/mol. The first-order valence-electron chi connectivity index (χ1n) is 6.31. The predicted octanol–water partition coefficient (Wildman–Crippen LogP) is 2.52. The zero-order valence-electron chi connectivity index (χ0n) is 12.0. The molecule has 0 atom stereocenters. The number of amides is 1. The maximum Gasteiger partial charge on any atom is 0.274 e. The minimum absolute atomic E-state index is 0.122. The Morgan fingerprint density at radius 2 is 2.14 bits per heavy atom. The van der Waals surface area contributed by atoms with Crippen molar-refractivity contribution < 1.29 is 14.3 Å². The van der Waals surface area contributed by atoms with Crippen molar-refractivity contribution in [2.24, 2.45) is 5.10 Å². The van der Waals surface area contributed by atoms with Crippen molar-refractivity contribution >= 4 is 23.7 Å². The zero-order chi connectivity index (χ0) is 15.9. The number of hydrogen-bond acceptors (Lipinski definition) is 5. The van der Waals surface area contributed by atoms with Gasteiger partial charge in [-0.25, -0.2) is 10.4 Å². The highest BCUT2D eigenvalue weighted by Crippen LogP contribution is 2.23. The maximum atomic E-state index is 11.9. The van der Waals surface area contributed by atoms with Gasteiger partial charge >= 0.3 is 0 Å². The number of benzene rings is 1. The minimum Gasteiger partial charge on any atom is -0.497 e. The number of hydrazone groups is 1. The van der Waals surface area contributed by atoms with E-state index >= 15 is 0 Å². The Bertz CT molecular complexity index is 704. The van der Waals surface area contributed by atoms with Gasteiger partial charge in [0.05, 0.1) is 26.0 Å². The van der Waals surface area contributed by atoms with E-state index in [1.165, 1.54) is 12.4 Å². The van der Waals surface area contributed by atoms with E-state index in [2.05, 4.69) is 15.5 Å². The third kappa shape index (κ3) is 3.73. The van der Waals surface area contributed by atoms with Crippen LogP contribution in [-0.4, -0.2) is 31.3 Å². The van der Waals surface area contributed by atoms with Gasteiger partial charge in [0.2, 0.25) is 0 Å². The summed E-state index contributed by atoms with van der Waals surface area (Å²) in [6.07, 6.45) is 2.98. The average molecular weight is 320 g/mol. The molecule has 0 aliphatic heterocycles. The normalized spacial score (nSPS) is 10.5. The van der Waals surface area contributed by atoms with Gasteiger partial charge in [-0.1, -0.05) is 11.6 Å². The number of ether oxygens (including phenoxy) is 2. The third-order valence-electron chi connectivity index (χ3n) is 2.81. The molecule has 7 heteroatoms. The monoisotopic (exact) mass is 319 g/mol. The van der Waals surface area contributed by atoms with Crippen molar-refractivity contribution in [3.05, 3.63) is 52.8 Å². The second kappa shape index (κ2) is 7.42. The first-order valence-corrected chi connectivity index (χ1v) is 6.69. The maximum absolute atomic E-state index is 11.9. The molecule has 0 saturated carbocycles. The molecule has 1 N–H and O–H groups in total. The number of nitrogens with zero attached hydrogens (tertiary/aromatic N) is 2. The lowest BCUT2D eigenvalue weighted by atomic mass is 10.2. The molecule has 1 heterocycles. The lowest BCUT2D eigenvalue weighted by molar-refractivity contribution is 0.0955. The molecule has 0 spiro atoms. The molecule has 0 aliphatic carbocycles. The van der Waals surface area contributed by atoms with Crippen LogP contribution in [0.15, 0.2) is 41.6 Å². The zero-order valence-corrected chi connectivity index (χ0v) is 12.8. The SMILES string of the molecule is COc1ccc(/C=N/NC(=O)c2cccnc2Cl)c(OC)c1. The number of carbonyl (C=O) groups excluding carboxylic acids is 1. The van der Waals surface area contributed by atoms with Crippen molar-refractivity contribution in [1.82, 2.24) is 10.4 Å². The Kier molecular flexibility index (Phi) is 5.32. The second-order valence-corrected chi connectivity index (χ2v) is 4.51. The number of carbonyl (C=O) groups is 1. The van der Waals surface area contributed by atoms with Gasteiger partial charge in [-0.2, -0.15) is 5.10 Å². The van der Waals surface area contributed by atoms with Gasteiger partial charge in [0.25, 0.3) is 5.91 Å². The molecule has 2 aromatic rings. The molecule has 0 aliphatic rings. The van der Waals surface area contributed by atoms with E-state index in [0.717, 1.165) is 0 Å². The van der Waals surface area contributed by atoms with E-state index in [9.17, 15) is 4.79 Å². The van der Waals surface area contributed by atoms with Gasteiger partial charge in [-0.15, -0.1) is 0 Å². The lowest BCUT2D eigenvalue weighted by Crippen LogP contribution is -2.18. The third-order valence-corrected chi connectivity index (χ3v) is 3.12. The average Bonchev–Trinajstić information content (AvgIpc) is 2.55. The topological polar surface area (TPSA) is 72.8 Å². The van der Waals surface area contributed by atoms with Crippen LogP contribution < -0.4 is 14.9 Å². The van der Waals surface area contributed by atoms with Gasteiger partial charge < -0.3 is 9.47 Å². The standard InChI is InChI=1S/C15H14ClN3O3/c1-21-11-6-5-10(13(8-11)22-2)9-18-19-15(20)12-4-3-7-17-14(12)16/h3-9H,1-2H3,(H,19,20)/b18-9+. The van der Waals surface area contributed by atoms with Crippen LogP contribution >= 0.6 is 11.6 Å². The van der Waals surface area contributed by atoms with Gasteiger partial charge in [0, 0.05) is 17.8 Å². The predicted molar refractivity (Wildman–Crippen MR) is 83.9 cm³/mol. The van der Waals surface area contributed by atoms with Crippen LogP contribution in [0.4, 0.5) is 0 Å². The quantitative estimate of drug-likeness (QED) is 0.522. The number of methoxy groups -OCH3 is 2. The molecule has 0 fully saturated rings. The van der Waals surface area contributed by atoms with Crippen LogP contribution in [0.2, 0.25) is 5.15 Å². The molecule has 0 unspecified atom stereocenters. The van der Waals surface area contributed by atoms with Crippen LogP contribution in [0, 0.1) is 0 Å². The highest BCUT2D eigenvalue weighted by atomic mass is 35.5. The molecule has 2 rings (SSSR count). The molecule has 1 aromatic heterocycles. The van der Waals surface area contributed by atoms with E-state index in [4.69, 9.17) is 21.1 Å². The number of pyridine rings is 1. The van der Waals surface area contributed by atoms with Crippen molar-refractivity contribution in [2.75, 3.05) is 14.2 Å². The van der Waals surface area contributed by atoms with Crippen LogP contribution in [-0.2, 0) is 0 Å². The molecule has 0 saturated heterocycles. The fourth-order valence-corrected chi connectivity index (χ4v) is 1.91. The first-order chi connectivity index (χ1) is 10.7. The van der Waals surface area contributed by atoms with Gasteiger partial charge in [0.15, 0.2) is 0 Å². The first kappa shape index (κ1) is 15.8. The summed E-state index contributed by atoms with van der Waals surface area (Å²) in [6.45, 7) is 0. The fraction of sp³-hybridized carbons (Fsp3) is 0.133. The Labute approximate surface area is 132 Å². The Balaban J connectivity index is 2.10. The summed E-state index contributed by atoms with van der Waals surface area (Å²) in [5.41, 5.74) is 3.34. The minimum atomic E-state index is -0.443. The van der Waals surface area contributed by atoms with E-state index < -0.39 is 5.91 Å². The Morgan fingerprint density at radius 1 is 1.32 bits per heavy atom. The van der Waals surface area contributed by atoms with Crippen LogP contribution in [0.3, 0.4) is 0 Å². The molecule has 22 heavy (non-hydrogen) atoms. The van der Waals surface area contributed by atoms with Gasteiger partial charge in [-0.3, -0.25) is 4.79 Å². The largest absolute Gasteiger partial charge is 0.497 e.